The van der Waals surface area contributed by atoms with Gasteiger partial charge in [0.25, 0.3) is 0 Å². The average Bonchev–Trinajstić information content (AvgIpc) is 2.40. The van der Waals surface area contributed by atoms with Crippen LogP contribution in [0.1, 0.15) is 54.4 Å². The number of nitrogens with zero attached hydrogens (tertiary/aromatic N) is 1. The third-order valence-corrected chi connectivity index (χ3v) is 2.94. The summed E-state index contributed by atoms with van der Waals surface area (Å²) < 4.78 is 0. The maximum atomic E-state index is 11.8. The summed E-state index contributed by atoms with van der Waals surface area (Å²) in [6.45, 7) is 11.6. The van der Waals surface area contributed by atoms with E-state index in [1.54, 1.807) is 13.1 Å². The highest BCUT2D eigenvalue weighted by Gasteiger charge is 2.11. The normalized spacial score (nSPS) is 15.1. The largest absolute Gasteiger partial charge is 0.294 e. The van der Waals surface area contributed by atoms with Crippen LogP contribution >= 0.6 is 0 Å². The highest BCUT2D eigenvalue weighted by molar-refractivity contribution is 6.13. The Labute approximate surface area is 123 Å². The molecule has 2 heteroatoms. The first-order valence-corrected chi connectivity index (χ1v) is 7.18. The van der Waals surface area contributed by atoms with Crippen LogP contribution in [0.2, 0.25) is 0 Å². The molecule has 0 aliphatic heterocycles. The molecular weight excluding hydrogens is 246 g/mol. The quantitative estimate of drug-likeness (QED) is 0.356. The van der Waals surface area contributed by atoms with Gasteiger partial charge in [0, 0.05) is 23.1 Å². The minimum atomic E-state index is 0.0651. The average molecular weight is 273 g/mol. The molecule has 0 spiro atoms. The molecule has 0 aromatic heterocycles. The molecule has 0 bridgehead atoms. The molecule has 0 aromatic rings. The van der Waals surface area contributed by atoms with Crippen molar-refractivity contribution in [3.8, 4) is 0 Å². The Hall–Kier alpha value is -1.70. The molecule has 0 atom stereocenters. The summed E-state index contributed by atoms with van der Waals surface area (Å²) in [6.07, 6.45) is 11.8. The third kappa shape index (κ3) is 6.46. The van der Waals surface area contributed by atoms with Crippen LogP contribution in [0.15, 0.2) is 52.2 Å². The van der Waals surface area contributed by atoms with E-state index in [1.165, 1.54) is 5.57 Å². The predicted molar refractivity (Wildman–Crippen MR) is 89.1 cm³/mol. The topological polar surface area (TPSA) is 29.4 Å². The van der Waals surface area contributed by atoms with Gasteiger partial charge in [-0.05, 0) is 41.0 Å². The fourth-order valence-electron chi connectivity index (χ4n) is 1.91. The van der Waals surface area contributed by atoms with E-state index < -0.39 is 0 Å². The van der Waals surface area contributed by atoms with Crippen LogP contribution in [0.3, 0.4) is 0 Å². The van der Waals surface area contributed by atoms with Crippen LogP contribution in [0, 0.1) is 0 Å². The first-order valence-electron chi connectivity index (χ1n) is 7.18. The maximum Gasteiger partial charge on any atom is 0.160 e. The Balaban J connectivity index is 5.65. The minimum Gasteiger partial charge on any atom is -0.294 e. The molecule has 0 fully saturated rings. The predicted octanol–water partition coefficient (Wildman–Crippen LogP) is 5.19. The van der Waals surface area contributed by atoms with Gasteiger partial charge in [-0.2, -0.15) is 0 Å². The lowest BCUT2D eigenvalue weighted by Gasteiger charge is -2.08. The lowest BCUT2D eigenvalue weighted by Crippen LogP contribution is -2.07. The second-order valence-corrected chi connectivity index (χ2v) is 4.80. The van der Waals surface area contributed by atoms with Crippen molar-refractivity contribution in [3.05, 3.63) is 47.2 Å². The van der Waals surface area contributed by atoms with Crippen molar-refractivity contribution in [1.82, 2.24) is 0 Å². The third-order valence-electron chi connectivity index (χ3n) is 2.94. The monoisotopic (exact) mass is 273 g/mol. The molecule has 0 radical (unpaired) electrons. The van der Waals surface area contributed by atoms with Gasteiger partial charge < -0.3 is 0 Å². The van der Waals surface area contributed by atoms with Crippen LogP contribution in [0.4, 0.5) is 0 Å². The number of carbonyl (C=O) groups is 1. The smallest absolute Gasteiger partial charge is 0.160 e. The zero-order chi connectivity index (χ0) is 15.5. The van der Waals surface area contributed by atoms with Crippen molar-refractivity contribution < 1.29 is 4.79 Å². The summed E-state index contributed by atoms with van der Waals surface area (Å²) in [4.78, 5) is 16.1. The van der Waals surface area contributed by atoms with Gasteiger partial charge in [0.2, 0.25) is 0 Å². The molecule has 0 rings (SSSR count). The molecule has 0 amide bonds. The summed E-state index contributed by atoms with van der Waals surface area (Å²) in [7, 11) is 0. The van der Waals surface area contributed by atoms with Gasteiger partial charge in [-0.15, -0.1) is 0 Å². The van der Waals surface area contributed by atoms with Gasteiger partial charge in [0.05, 0.1) is 0 Å². The number of Topliss-reactive ketones (excluding diaryl/α,β-unsaturated/α-hetero) is 1. The number of hydrogen-bond donors (Lipinski definition) is 0. The van der Waals surface area contributed by atoms with Gasteiger partial charge in [-0.25, -0.2) is 0 Å². The van der Waals surface area contributed by atoms with E-state index in [0.29, 0.717) is 0 Å². The van der Waals surface area contributed by atoms with E-state index in [1.807, 2.05) is 39.0 Å². The van der Waals surface area contributed by atoms with Crippen molar-refractivity contribution >= 4 is 11.5 Å². The van der Waals surface area contributed by atoms with E-state index in [4.69, 9.17) is 0 Å². The molecule has 2 nitrogen and oxygen atoms in total. The number of carbonyl (C=O) groups excluding carboxylic acids is 1. The molecule has 0 aliphatic rings. The van der Waals surface area contributed by atoms with E-state index in [-0.39, 0.29) is 5.78 Å². The molecule has 0 aromatic carbocycles. The highest BCUT2D eigenvalue weighted by atomic mass is 16.1. The first kappa shape index (κ1) is 18.3. The minimum absolute atomic E-state index is 0.0651. The number of ketones is 1. The first-order chi connectivity index (χ1) is 9.47. The van der Waals surface area contributed by atoms with Crippen molar-refractivity contribution in [2.24, 2.45) is 4.99 Å². The van der Waals surface area contributed by atoms with E-state index in [9.17, 15) is 4.79 Å². The summed E-state index contributed by atoms with van der Waals surface area (Å²) in [5, 5.41) is 0. The summed E-state index contributed by atoms with van der Waals surface area (Å²) in [5.41, 5.74) is 3.78. The molecule has 0 saturated carbocycles. The Morgan fingerprint density at radius 2 is 1.70 bits per heavy atom. The fourth-order valence-corrected chi connectivity index (χ4v) is 1.91. The van der Waals surface area contributed by atoms with Gasteiger partial charge in [0.15, 0.2) is 5.78 Å². The molecule has 0 aliphatic carbocycles. The fraction of sp³-hybridized carbons (Fsp3) is 0.444. The number of rotatable bonds is 7. The van der Waals surface area contributed by atoms with Crippen molar-refractivity contribution in [1.29, 1.82) is 0 Å². The van der Waals surface area contributed by atoms with Crippen LogP contribution < -0.4 is 0 Å². The zero-order valence-electron chi connectivity index (χ0n) is 13.7. The molecule has 0 unspecified atom stereocenters. The van der Waals surface area contributed by atoms with Gasteiger partial charge in [-0.3, -0.25) is 9.79 Å². The Kier molecular flexibility index (Phi) is 9.27. The van der Waals surface area contributed by atoms with Crippen molar-refractivity contribution in [2.45, 2.75) is 54.4 Å². The molecule has 0 heterocycles. The molecule has 110 valence electrons. The summed E-state index contributed by atoms with van der Waals surface area (Å²) in [5.74, 6) is 0.0651. The van der Waals surface area contributed by atoms with Crippen LogP contribution in [0.5, 0.6) is 0 Å². The highest BCUT2D eigenvalue weighted by Crippen LogP contribution is 2.15. The second-order valence-electron chi connectivity index (χ2n) is 4.80. The van der Waals surface area contributed by atoms with Crippen LogP contribution in [0.25, 0.3) is 0 Å². The van der Waals surface area contributed by atoms with Gasteiger partial charge in [0.1, 0.15) is 0 Å². The number of hydrogen-bond acceptors (Lipinski definition) is 2. The van der Waals surface area contributed by atoms with E-state index in [2.05, 4.69) is 24.9 Å². The lowest BCUT2D eigenvalue weighted by molar-refractivity contribution is -0.113. The second kappa shape index (κ2) is 10.1. The number of aliphatic imine (C=N–C) groups is 1. The standard InChI is InChI=1S/C18H27NO/c1-7-10-14(4)11-12-18(15(5)19-13-8-2)17(9-3)16(6)20/h8-9,11-13H,7,10H2,1-6H3/b13-8-,14-11-,17-9+,18-12+,19-15+. The maximum absolute atomic E-state index is 11.8. The van der Waals surface area contributed by atoms with Crippen molar-refractivity contribution in [2.75, 3.05) is 0 Å². The van der Waals surface area contributed by atoms with Crippen LogP contribution in [-0.2, 0) is 4.79 Å². The molecular formula is C18H27NO. The van der Waals surface area contributed by atoms with Crippen LogP contribution in [-0.4, -0.2) is 11.5 Å². The van der Waals surface area contributed by atoms with E-state index >= 15 is 0 Å². The Morgan fingerprint density at radius 1 is 1.05 bits per heavy atom. The van der Waals surface area contributed by atoms with Gasteiger partial charge in [-0.1, -0.05) is 43.2 Å². The molecule has 0 saturated heterocycles. The summed E-state index contributed by atoms with van der Waals surface area (Å²) in [6, 6.07) is 0. The summed E-state index contributed by atoms with van der Waals surface area (Å²) >= 11 is 0. The van der Waals surface area contributed by atoms with Crippen molar-refractivity contribution in [3.63, 3.8) is 0 Å². The number of allylic oxidation sites excluding steroid dienone is 7. The zero-order valence-corrected chi connectivity index (χ0v) is 13.7. The Morgan fingerprint density at radius 3 is 2.15 bits per heavy atom. The molecule has 0 N–H and O–H groups in total. The SMILES string of the molecule is C\C=C/N=C(C)/C(=C\C=C(\C)CCC)C(=C/C)/C(C)=O. The lowest BCUT2D eigenvalue weighted by atomic mass is 9.97. The van der Waals surface area contributed by atoms with Gasteiger partial charge >= 0.3 is 0 Å². The van der Waals surface area contributed by atoms with E-state index in [0.717, 1.165) is 29.7 Å². The Bertz CT molecular complexity index is 474. The molecule has 20 heavy (non-hydrogen) atoms.